The van der Waals surface area contributed by atoms with Gasteiger partial charge in [-0.05, 0) is 36.6 Å². The molecule has 8 nitrogen and oxygen atoms in total. The summed E-state index contributed by atoms with van der Waals surface area (Å²) in [5.74, 6) is 1.15. The Bertz CT molecular complexity index is 903. The van der Waals surface area contributed by atoms with Crippen molar-refractivity contribution >= 4 is 29.4 Å². The van der Waals surface area contributed by atoms with Crippen LogP contribution < -0.4 is 10.2 Å². The van der Waals surface area contributed by atoms with E-state index < -0.39 is 6.09 Å². The predicted octanol–water partition coefficient (Wildman–Crippen LogP) is 2.86. The summed E-state index contributed by atoms with van der Waals surface area (Å²) >= 11 is 6.03. The lowest BCUT2D eigenvalue weighted by atomic mass is 9.89. The van der Waals surface area contributed by atoms with E-state index in [-0.39, 0.29) is 23.7 Å². The maximum absolute atomic E-state index is 13.3. The molecule has 2 aromatic rings. The molecular formula is C22H26ClN5O3. The first-order valence-electron chi connectivity index (χ1n) is 10.5. The maximum atomic E-state index is 13.3. The minimum atomic E-state index is -1.04. The Kier molecular flexibility index (Phi) is 6.56. The van der Waals surface area contributed by atoms with Crippen molar-refractivity contribution in [2.24, 2.45) is 11.8 Å². The molecule has 2 N–H and O–H groups in total. The Morgan fingerprint density at radius 2 is 1.87 bits per heavy atom. The molecule has 0 aliphatic carbocycles. The monoisotopic (exact) mass is 443 g/mol. The molecule has 2 aliphatic rings. The number of nitrogens with zero attached hydrogens (tertiary/aromatic N) is 4. The molecule has 4 rings (SSSR count). The Hall–Kier alpha value is -2.87. The highest BCUT2D eigenvalue weighted by Crippen LogP contribution is 2.35. The van der Waals surface area contributed by atoms with Crippen LogP contribution in [0.3, 0.4) is 0 Å². The molecule has 0 radical (unpaired) electrons. The molecule has 2 aliphatic heterocycles. The second-order valence-corrected chi connectivity index (χ2v) is 8.61. The number of benzene rings is 1. The lowest BCUT2D eigenvalue weighted by molar-refractivity contribution is -0.135. The normalized spacial score (nSPS) is 21.8. The average molecular weight is 444 g/mol. The third-order valence-corrected chi connectivity index (χ3v) is 6.55. The average Bonchev–Trinajstić information content (AvgIpc) is 3.23. The van der Waals surface area contributed by atoms with Crippen molar-refractivity contribution in [3.8, 4) is 0 Å². The predicted molar refractivity (Wildman–Crippen MR) is 117 cm³/mol. The summed E-state index contributed by atoms with van der Waals surface area (Å²) in [4.78, 5) is 36.7. The number of rotatable bonds is 5. The van der Waals surface area contributed by atoms with Crippen molar-refractivity contribution < 1.29 is 14.7 Å². The van der Waals surface area contributed by atoms with Gasteiger partial charge in [0.05, 0.1) is 0 Å². The van der Waals surface area contributed by atoms with Crippen molar-refractivity contribution in [1.29, 1.82) is 0 Å². The third kappa shape index (κ3) is 5.07. The van der Waals surface area contributed by atoms with Crippen LogP contribution in [0.5, 0.6) is 0 Å². The van der Waals surface area contributed by atoms with Gasteiger partial charge in [-0.25, -0.2) is 14.8 Å². The number of piperidine rings is 1. The molecule has 2 fully saturated rings. The Labute approximate surface area is 186 Å². The fourth-order valence-corrected chi connectivity index (χ4v) is 4.77. The van der Waals surface area contributed by atoms with Crippen LogP contribution in [0.1, 0.15) is 24.3 Å². The molecule has 164 valence electrons. The zero-order chi connectivity index (χ0) is 21.8. The van der Waals surface area contributed by atoms with Crippen molar-refractivity contribution in [2.75, 3.05) is 37.6 Å². The van der Waals surface area contributed by atoms with Gasteiger partial charge in [0.1, 0.15) is 12.1 Å². The second kappa shape index (κ2) is 9.51. The number of carbonyl (C=O) groups excluding carboxylic acids is 1. The summed E-state index contributed by atoms with van der Waals surface area (Å²) in [7, 11) is 0. The lowest BCUT2D eigenvalue weighted by Gasteiger charge is -2.33. The van der Waals surface area contributed by atoms with Gasteiger partial charge in [-0.3, -0.25) is 4.79 Å². The fraction of sp³-hybridized carbons (Fsp3) is 0.455. The van der Waals surface area contributed by atoms with Crippen molar-refractivity contribution in [2.45, 2.75) is 18.8 Å². The van der Waals surface area contributed by atoms with Gasteiger partial charge in [0.15, 0.2) is 0 Å². The molecule has 2 amide bonds. The Morgan fingerprint density at radius 3 is 2.52 bits per heavy atom. The fourth-order valence-electron chi connectivity index (χ4n) is 4.65. The second-order valence-electron chi connectivity index (χ2n) is 8.18. The molecular weight excluding hydrogens is 418 g/mol. The number of hydrogen-bond donors (Lipinski definition) is 2. The topological polar surface area (TPSA) is 98.7 Å². The number of carbonyl (C=O) groups is 2. The standard InChI is InChI=1S/C22H26ClN5O3/c23-18-3-1-15(2-4-18)19-13-28(12-17(19)11-25-22(30)31)21(29)16-6-9-27(10-7-16)20-5-8-24-14-26-20/h1-5,8,14,16-17,19,25H,6-7,9-13H2,(H,30,31)/t17-,19-/m0/s1. The van der Waals surface area contributed by atoms with Crippen LogP contribution in [0.4, 0.5) is 10.6 Å². The number of anilines is 1. The van der Waals surface area contributed by atoms with E-state index in [4.69, 9.17) is 16.7 Å². The van der Waals surface area contributed by atoms with E-state index in [1.165, 1.54) is 0 Å². The summed E-state index contributed by atoms with van der Waals surface area (Å²) < 4.78 is 0. The number of nitrogens with one attached hydrogen (secondary N) is 1. The summed E-state index contributed by atoms with van der Waals surface area (Å²) in [6.45, 7) is 3.04. The first kappa shape index (κ1) is 21.4. The van der Waals surface area contributed by atoms with Crippen molar-refractivity contribution in [3.05, 3.63) is 53.4 Å². The van der Waals surface area contributed by atoms with E-state index >= 15 is 0 Å². The number of aromatic nitrogens is 2. The van der Waals surface area contributed by atoms with Crippen LogP contribution in [0.25, 0.3) is 0 Å². The van der Waals surface area contributed by atoms with Crippen molar-refractivity contribution in [3.63, 3.8) is 0 Å². The van der Waals surface area contributed by atoms with E-state index in [1.807, 2.05) is 35.2 Å². The smallest absolute Gasteiger partial charge is 0.404 e. The van der Waals surface area contributed by atoms with E-state index in [0.717, 1.165) is 37.3 Å². The number of carboxylic acid groups (broad SMARTS) is 1. The highest BCUT2D eigenvalue weighted by atomic mass is 35.5. The van der Waals surface area contributed by atoms with Gasteiger partial charge >= 0.3 is 6.09 Å². The molecule has 2 atom stereocenters. The van der Waals surface area contributed by atoms with Gasteiger partial charge in [0.2, 0.25) is 5.91 Å². The molecule has 9 heteroatoms. The Balaban J connectivity index is 1.41. The van der Waals surface area contributed by atoms with Crippen LogP contribution >= 0.6 is 11.6 Å². The molecule has 0 spiro atoms. The Morgan fingerprint density at radius 1 is 1.13 bits per heavy atom. The van der Waals surface area contributed by atoms with Crippen LogP contribution in [0, 0.1) is 11.8 Å². The maximum Gasteiger partial charge on any atom is 0.404 e. The zero-order valence-electron chi connectivity index (χ0n) is 17.2. The zero-order valence-corrected chi connectivity index (χ0v) is 17.9. The molecule has 0 unspecified atom stereocenters. The van der Waals surface area contributed by atoms with Crippen LogP contribution in [-0.4, -0.2) is 64.7 Å². The van der Waals surface area contributed by atoms with Gasteiger partial charge in [0, 0.05) is 61.7 Å². The van der Waals surface area contributed by atoms with Gasteiger partial charge in [-0.15, -0.1) is 0 Å². The van der Waals surface area contributed by atoms with Crippen LogP contribution in [0.15, 0.2) is 42.9 Å². The van der Waals surface area contributed by atoms with Gasteiger partial charge in [-0.1, -0.05) is 23.7 Å². The summed E-state index contributed by atoms with van der Waals surface area (Å²) in [5.41, 5.74) is 1.08. The molecule has 31 heavy (non-hydrogen) atoms. The summed E-state index contributed by atoms with van der Waals surface area (Å²) in [5, 5.41) is 12.2. The third-order valence-electron chi connectivity index (χ3n) is 6.30. The largest absolute Gasteiger partial charge is 0.465 e. The molecule has 0 saturated carbocycles. The molecule has 1 aromatic carbocycles. The number of likely N-dealkylation sites (tertiary alicyclic amines) is 1. The number of hydrogen-bond acceptors (Lipinski definition) is 5. The first-order valence-corrected chi connectivity index (χ1v) is 10.9. The summed E-state index contributed by atoms with van der Waals surface area (Å²) in [6, 6.07) is 9.50. The molecule has 0 bridgehead atoms. The highest BCUT2D eigenvalue weighted by molar-refractivity contribution is 6.30. The van der Waals surface area contributed by atoms with Crippen LogP contribution in [-0.2, 0) is 4.79 Å². The molecule has 2 saturated heterocycles. The van der Waals surface area contributed by atoms with E-state index in [9.17, 15) is 9.59 Å². The molecule has 3 heterocycles. The number of halogens is 1. The number of amides is 2. The lowest BCUT2D eigenvalue weighted by Crippen LogP contribution is -2.42. The van der Waals surface area contributed by atoms with Gasteiger partial charge in [-0.2, -0.15) is 0 Å². The highest BCUT2D eigenvalue weighted by Gasteiger charge is 2.39. The van der Waals surface area contributed by atoms with Crippen LogP contribution in [0.2, 0.25) is 5.02 Å². The first-order chi connectivity index (χ1) is 15.0. The quantitative estimate of drug-likeness (QED) is 0.737. The van der Waals surface area contributed by atoms with E-state index in [1.54, 1.807) is 12.5 Å². The minimum Gasteiger partial charge on any atom is -0.465 e. The molecule has 1 aromatic heterocycles. The SMILES string of the molecule is O=C(O)NC[C@H]1CN(C(=O)C2CCN(c3ccncn3)CC2)C[C@H]1c1ccc(Cl)cc1. The van der Waals surface area contributed by atoms with Crippen molar-refractivity contribution in [1.82, 2.24) is 20.2 Å². The summed E-state index contributed by atoms with van der Waals surface area (Å²) in [6.07, 6.45) is 3.79. The van der Waals surface area contributed by atoms with Gasteiger partial charge < -0.3 is 20.2 Å². The van der Waals surface area contributed by atoms with E-state index in [0.29, 0.717) is 24.7 Å². The van der Waals surface area contributed by atoms with Gasteiger partial charge in [0.25, 0.3) is 0 Å². The van der Waals surface area contributed by atoms with E-state index in [2.05, 4.69) is 20.2 Å². The minimum absolute atomic E-state index is 0.0184.